The summed E-state index contributed by atoms with van der Waals surface area (Å²) in [4.78, 5) is 24.8. The van der Waals surface area contributed by atoms with Gasteiger partial charge in [0.25, 0.3) is 0 Å². The monoisotopic (exact) mass is 284 g/mol. The van der Waals surface area contributed by atoms with E-state index in [-0.39, 0.29) is 30.6 Å². The molecule has 2 amide bonds. The van der Waals surface area contributed by atoms with Gasteiger partial charge in [-0.05, 0) is 45.4 Å². The number of carboxylic acids is 1. The maximum absolute atomic E-state index is 12.4. The second kappa shape index (κ2) is 6.46. The van der Waals surface area contributed by atoms with Gasteiger partial charge >= 0.3 is 12.0 Å². The van der Waals surface area contributed by atoms with Crippen molar-refractivity contribution in [2.45, 2.75) is 65.5 Å². The Morgan fingerprint density at radius 1 is 1.25 bits per heavy atom. The van der Waals surface area contributed by atoms with Crippen LogP contribution in [0.25, 0.3) is 0 Å². The van der Waals surface area contributed by atoms with Gasteiger partial charge in [-0.1, -0.05) is 13.8 Å². The molecule has 3 atom stereocenters. The predicted octanol–water partition coefficient (Wildman–Crippen LogP) is 2.71. The number of aliphatic carboxylic acids is 1. The first kappa shape index (κ1) is 16.8. The van der Waals surface area contributed by atoms with Gasteiger partial charge in [0.05, 0.1) is 6.42 Å². The van der Waals surface area contributed by atoms with E-state index in [4.69, 9.17) is 5.11 Å². The fraction of sp³-hybridized carbons (Fsp3) is 0.867. The van der Waals surface area contributed by atoms with Gasteiger partial charge in [-0.2, -0.15) is 0 Å². The molecule has 0 spiro atoms. The zero-order chi connectivity index (χ0) is 15.5. The van der Waals surface area contributed by atoms with Crippen molar-refractivity contribution in [3.8, 4) is 0 Å². The van der Waals surface area contributed by atoms with Crippen LogP contribution < -0.4 is 5.32 Å². The average Bonchev–Trinajstić information content (AvgIpc) is 2.59. The summed E-state index contributed by atoms with van der Waals surface area (Å²) in [6.07, 6.45) is 2.11. The smallest absolute Gasteiger partial charge is 0.318 e. The van der Waals surface area contributed by atoms with Gasteiger partial charge < -0.3 is 15.3 Å². The van der Waals surface area contributed by atoms with Gasteiger partial charge in [-0.15, -0.1) is 0 Å². The molecule has 1 rings (SSSR count). The highest BCUT2D eigenvalue weighted by molar-refractivity contribution is 5.76. The number of nitrogens with zero attached hydrogens (tertiary/aromatic N) is 1. The molecule has 5 heteroatoms. The van der Waals surface area contributed by atoms with Crippen LogP contribution in [0, 0.1) is 11.8 Å². The zero-order valence-electron chi connectivity index (χ0n) is 13.3. The van der Waals surface area contributed by atoms with Crippen LogP contribution in [0.3, 0.4) is 0 Å². The molecule has 0 bridgehead atoms. The summed E-state index contributed by atoms with van der Waals surface area (Å²) in [5, 5.41) is 11.9. The number of amides is 2. The Labute approximate surface area is 121 Å². The van der Waals surface area contributed by atoms with Crippen LogP contribution in [0.15, 0.2) is 0 Å². The summed E-state index contributed by atoms with van der Waals surface area (Å²) in [6.45, 7) is 10.4. The van der Waals surface area contributed by atoms with Gasteiger partial charge in [-0.3, -0.25) is 4.79 Å². The molecule has 3 unspecified atom stereocenters. The fourth-order valence-corrected chi connectivity index (χ4v) is 2.75. The molecule has 116 valence electrons. The van der Waals surface area contributed by atoms with E-state index in [0.29, 0.717) is 11.8 Å². The largest absolute Gasteiger partial charge is 0.481 e. The highest BCUT2D eigenvalue weighted by Gasteiger charge is 2.34. The van der Waals surface area contributed by atoms with Gasteiger partial charge in [-0.25, -0.2) is 4.79 Å². The Balaban J connectivity index is 2.66. The first-order chi connectivity index (χ1) is 9.12. The summed E-state index contributed by atoms with van der Waals surface area (Å²) in [6, 6.07) is 0.0527. The third-order valence-electron chi connectivity index (χ3n) is 4.38. The molecule has 5 nitrogen and oxygen atoms in total. The summed E-state index contributed by atoms with van der Waals surface area (Å²) in [5.74, 6) is 0.220. The lowest BCUT2D eigenvalue weighted by Gasteiger charge is -2.36. The zero-order valence-corrected chi connectivity index (χ0v) is 13.3. The second-order valence-corrected chi connectivity index (χ2v) is 6.94. The van der Waals surface area contributed by atoms with Crippen molar-refractivity contribution < 1.29 is 14.7 Å². The highest BCUT2D eigenvalue weighted by Crippen LogP contribution is 2.31. The Kier molecular flexibility index (Phi) is 5.42. The molecule has 20 heavy (non-hydrogen) atoms. The van der Waals surface area contributed by atoms with Crippen molar-refractivity contribution in [3.63, 3.8) is 0 Å². The maximum atomic E-state index is 12.4. The van der Waals surface area contributed by atoms with Crippen LogP contribution in [0.2, 0.25) is 0 Å². The van der Waals surface area contributed by atoms with Crippen molar-refractivity contribution in [2.24, 2.45) is 11.8 Å². The molecule has 1 aliphatic carbocycles. The highest BCUT2D eigenvalue weighted by atomic mass is 16.4. The van der Waals surface area contributed by atoms with E-state index in [1.807, 2.05) is 20.8 Å². The number of hydrogen-bond acceptors (Lipinski definition) is 2. The number of nitrogens with one attached hydrogen (secondary N) is 1. The van der Waals surface area contributed by atoms with Crippen LogP contribution in [0.4, 0.5) is 4.79 Å². The van der Waals surface area contributed by atoms with Crippen LogP contribution in [0.5, 0.6) is 0 Å². The van der Waals surface area contributed by atoms with E-state index in [0.717, 1.165) is 12.8 Å². The molecule has 0 radical (unpaired) electrons. The van der Waals surface area contributed by atoms with Crippen molar-refractivity contribution in [1.82, 2.24) is 10.2 Å². The van der Waals surface area contributed by atoms with Crippen LogP contribution in [-0.2, 0) is 4.79 Å². The van der Waals surface area contributed by atoms with Crippen LogP contribution >= 0.6 is 0 Å². The molecule has 0 aromatic carbocycles. The van der Waals surface area contributed by atoms with E-state index < -0.39 is 5.97 Å². The fourth-order valence-electron chi connectivity index (χ4n) is 2.75. The molecule has 0 aromatic rings. The quantitative estimate of drug-likeness (QED) is 0.834. The minimum absolute atomic E-state index is 0.0265. The summed E-state index contributed by atoms with van der Waals surface area (Å²) in [7, 11) is 0. The lowest BCUT2D eigenvalue weighted by molar-refractivity contribution is -0.137. The Bertz CT molecular complexity index is 363. The van der Waals surface area contributed by atoms with Crippen LogP contribution in [0.1, 0.15) is 53.9 Å². The first-order valence-electron chi connectivity index (χ1n) is 7.43. The minimum Gasteiger partial charge on any atom is -0.481 e. The molecule has 2 N–H and O–H groups in total. The third kappa shape index (κ3) is 4.39. The minimum atomic E-state index is -0.880. The molecule has 1 fully saturated rings. The molecule has 0 heterocycles. The van der Waals surface area contributed by atoms with Crippen molar-refractivity contribution >= 4 is 12.0 Å². The molecule has 0 saturated heterocycles. The lowest BCUT2D eigenvalue weighted by atomic mass is 9.98. The number of carbonyl (C=O) groups is 2. The van der Waals surface area contributed by atoms with Crippen molar-refractivity contribution in [1.29, 1.82) is 0 Å². The standard InChI is InChI=1S/C15H28N2O3/c1-10-6-7-12(11(10)2)16-14(20)17(15(3,4)5)9-8-13(18)19/h10-12H,6-9H2,1-5H3,(H,16,20)(H,18,19). The molecule has 1 saturated carbocycles. The number of urea groups is 1. The SMILES string of the molecule is CC1CCC(NC(=O)N(CCC(=O)O)C(C)(C)C)C1C. The van der Waals surface area contributed by atoms with E-state index in [1.54, 1.807) is 4.90 Å². The normalized spacial score (nSPS) is 26.4. The molecule has 1 aliphatic rings. The molecule has 0 aromatic heterocycles. The Hall–Kier alpha value is -1.26. The Morgan fingerprint density at radius 3 is 2.25 bits per heavy atom. The summed E-state index contributed by atoms with van der Waals surface area (Å²) in [5.41, 5.74) is -0.382. The molecular formula is C15H28N2O3. The van der Waals surface area contributed by atoms with Gasteiger partial charge in [0.1, 0.15) is 0 Å². The molecular weight excluding hydrogens is 256 g/mol. The summed E-state index contributed by atoms with van der Waals surface area (Å²) >= 11 is 0. The third-order valence-corrected chi connectivity index (χ3v) is 4.38. The number of hydrogen-bond donors (Lipinski definition) is 2. The number of carboxylic acid groups (broad SMARTS) is 1. The van der Waals surface area contributed by atoms with Gasteiger partial charge in [0.15, 0.2) is 0 Å². The van der Waals surface area contributed by atoms with Crippen LogP contribution in [-0.4, -0.2) is 40.1 Å². The summed E-state index contributed by atoms with van der Waals surface area (Å²) < 4.78 is 0. The van der Waals surface area contributed by atoms with Crippen molar-refractivity contribution in [3.05, 3.63) is 0 Å². The van der Waals surface area contributed by atoms with Gasteiger partial charge in [0.2, 0.25) is 0 Å². The van der Waals surface area contributed by atoms with E-state index in [9.17, 15) is 9.59 Å². The second-order valence-electron chi connectivity index (χ2n) is 6.94. The topological polar surface area (TPSA) is 69.6 Å². The van der Waals surface area contributed by atoms with E-state index in [1.165, 1.54) is 0 Å². The van der Waals surface area contributed by atoms with E-state index >= 15 is 0 Å². The van der Waals surface area contributed by atoms with E-state index in [2.05, 4.69) is 19.2 Å². The predicted molar refractivity (Wildman–Crippen MR) is 78.6 cm³/mol. The average molecular weight is 284 g/mol. The number of carbonyl (C=O) groups excluding carboxylic acids is 1. The Morgan fingerprint density at radius 2 is 1.85 bits per heavy atom. The lowest BCUT2D eigenvalue weighted by Crippen LogP contribution is -2.53. The molecule has 0 aliphatic heterocycles. The number of rotatable bonds is 4. The first-order valence-corrected chi connectivity index (χ1v) is 7.43. The van der Waals surface area contributed by atoms with Crippen molar-refractivity contribution in [2.75, 3.05) is 6.54 Å². The van der Waals surface area contributed by atoms with Gasteiger partial charge in [0, 0.05) is 18.1 Å². The maximum Gasteiger partial charge on any atom is 0.318 e.